The molecule has 0 saturated carbocycles. The summed E-state index contributed by atoms with van der Waals surface area (Å²) in [7, 11) is 0. The molecule has 0 spiro atoms. The second-order valence-corrected chi connectivity index (χ2v) is 3.59. The van der Waals surface area contributed by atoms with Crippen LogP contribution < -0.4 is 5.32 Å². The fourth-order valence-electron chi connectivity index (χ4n) is 1.34. The summed E-state index contributed by atoms with van der Waals surface area (Å²) >= 11 is 0. The van der Waals surface area contributed by atoms with Crippen LogP contribution in [0.15, 0.2) is 28.7 Å². The fourth-order valence-corrected chi connectivity index (χ4v) is 1.34. The summed E-state index contributed by atoms with van der Waals surface area (Å²) in [5.74, 6) is -0.539. The van der Waals surface area contributed by atoms with Gasteiger partial charge in [-0.2, -0.15) is 4.98 Å². The Kier molecular flexibility index (Phi) is 2.91. The van der Waals surface area contributed by atoms with Crippen LogP contribution in [0, 0.1) is 19.7 Å². The predicted molar refractivity (Wildman–Crippen MR) is 60.3 cm³/mol. The number of hydrogen-bond donors (Lipinski definition) is 1. The van der Waals surface area contributed by atoms with Gasteiger partial charge in [-0.3, -0.25) is 10.1 Å². The minimum Gasteiger partial charge on any atom is -0.428 e. The van der Waals surface area contributed by atoms with Crippen LogP contribution in [-0.4, -0.2) is 10.9 Å². The standard InChI is InChI=1S/C12H11FN2O2/c1-7-8(2)17-12(14-7)15-11(16)9-5-3-4-6-10(9)13/h3-6H,1-2H3,(H,14,15,16). The third-order valence-corrected chi connectivity index (χ3v) is 2.37. The first-order valence-corrected chi connectivity index (χ1v) is 5.08. The lowest BCUT2D eigenvalue weighted by molar-refractivity contribution is 0.102. The van der Waals surface area contributed by atoms with Crippen molar-refractivity contribution in [2.45, 2.75) is 13.8 Å². The molecule has 88 valence electrons. The summed E-state index contributed by atoms with van der Waals surface area (Å²) in [6.45, 7) is 3.50. The smallest absolute Gasteiger partial charge is 0.302 e. The number of halogens is 1. The normalized spacial score (nSPS) is 10.3. The zero-order valence-corrected chi connectivity index (χ0v) is 9.45. The fraction of sp³-hybridized carbons (Fsp3) is 0.167. The molecule has 2 rings (SSSR count). The molecule has 17 heavy (non-hydrogen) atoms. The molecule has 1 aromatic heterocycles. The zero-order chi connectivity index (χ0) is 12.4. The maximum absolute atomic E-state index is 13.3. The number of aromatic nitrogens is 1. The molecule has 1 aromatic carbocycles. The lowest BCUT2D eigenvalue weighted by Gasteiger charge is -2.01. The van der Waals surface area contributed by atoms with Crippen molar-refractivity contribution >= 4 is 11.9 Å². The van der Waals surface area contributed by atoms with Gasteiger partial charge in [0.2, 0.25) is 0 Å². The Morgan fingerprint density at radius 3 is 2.65 bits per heavy atom. The summed E-state index contributed by atoms with van der Waals surface area (Å²) in [5.41, 5.74) is 0.648. The number of nitrogens with zero attached hydrogens (tertiary/aromatic N) is 1. The van der Waals surface area contributed by atoms with E-state index in [9.17, 15) is 9.18 Å². The van der Waals surface area contributed by atoms with Crippen molar-refractivity contribution in [2.24, 2.45) is 0 Å². The molecule has 2 aromatic rings. The molecular weight excluding hydrogens is 223 g/mol. The maximum atomic E-state index is 13.3. The molecule has 4 nitrogen and oxygen atoms in total. The molecular formula is C12H11FN2O2. The van der Waals surface area contributed by atoms with Gasteiger partial charge in [0, 0.05) is 0 Å². The number of rotatable bonds is 2. The second kappa shape index (κ2) is 4.37. The Labute approximate surface area is 97.5 Å². The first-order chi connectivity index (χ1) is 8.08. The van der Waals surface area contributed by atoms with Crippen molar-refractivity contribution in [1.82, 2.24) is 4.98 Å². The number of anilines is 1. The highest BCUT2D eigenvalue weighted by molar-refractivity contribution is 6.03. The molecule has 0 aliphatic heterocycles. The minimum atomic E-state index is -0.579. The van der Waals surface area contributed by atoms with E-state index >= 15 is 0 Å². The lowest BCUT2D eigenvalue weighted by atomic mass is 10.2. The number of benzene rings is 1. The third kappa shape index (κ3) is 2.33. The Bertz CT molecular complexity index is 544. The molecule has 0 radical (unpaired) electrons. The van der Waals surface area contributed by atoms with Crippen LogP contribution in [0.4, 0.5) is 10.4 Å². The summed E-state index contributed by atoms with van der Waals surface area (Å²) in [4.78, 5) is 15.7. The SMILES string of the molecule is Cc1nc(NC(=O)c2ccccc2F)oc1C. The number of nitrogens with one attached hydrogen (secondary N) is 1. The van der Waals surface area contributed by atoms with Gasteiger partial charge in [-0.25, -0.2) is 4.39 Å². The van der Waals surface area contributed by atoms with Crippen LogP contribution in [0.5, 0.6) is 0 Å². The average molecular weight is 234 g/mol. The van der Waals surface area contributed by atoms with E-state index in [1.807, 2.05) is 0 Å². The topological polar surface area (TPSA) is 55.1 Å². The first-order valence-electron chi connectivity index (χ1n) is 5.08. The molecule has 0 aliphatic carbocycles. The zero-order valence-electron chi connectivity index (χ0n) is 9.45. The van der Waals surface area contributed by atoms with Gasteiger partial charge >= 0.3 is 6.01 Å². The molecule has 0 aliphatic rings. The van der Waals surface area contributed by atoms with E-state index in [2.05, 4.69) is 10.3 Å². The molecule has 1 amide bonds. The van der Waals surface area contributed by atoms with Gasteiger partial charge in [-0.1, -0.05) is 12.1 Å². The molecule has 0 atom stereocenters. The van der Waals surface area contributed by atoms with E-state index < -0.39 is 11.7 Å². The minimum absolute atomic E-state index is 0.0407. The molecule has 0 fully saturated rings. The Morgan fingerprint density at radius 1 is 1.35 bits per heavy atom. The highest BCUT2D eigenvalue weighted by atomic mass is 19.1. The molecule has 1 N–H and O–H groups in total. The van der Waals surface area contributed by atoms with Crippen molar-refractivity contribution in [2.75, 3.05) is 5.32 Å². The number of aryl methyl sites for hydroxylation is 2. The third-order valence-electron chi connectivity index (χ3n) is 2.37. The van der Waals surface area contributed by atoms with Gasteiger partial charge < -0.3 is 4.42 Å². The van der Waals surface area contributed by atoms with Crippen molar-refractivity contribution in [3.63, 3.8) is 0 Å². The van der Waals surface area contributed by atoms with Crippen molar-refractivity contribution in [1.29, 1.82) is 0 Å². The molecule has 0 saturated heterocycles. The van der Waals surface area contributed by atoms with Crippen LogP contribution in [0.25, 0.3) is 0 Å². The van der Waals surface area contributed by atoms with E-state index in [0.717, 1.165) is 0 Å². The van der Waals surface area contributed by atoms with Gasteiger partial charge in [0.25, 0.3) is 5.91 Å². The highest BCUT2D eigenvalue weighted by Gasteiger charge is 2.14. The van der Waals surface area contributed by atoms with Crippen molar-refractivity contribution in [3.05, 3.63) is 47.1 Å². The van der Waals surface area contributed by atoms with Crippen LogP contribution in [0.1, 0.15) is 21.8 Å². The van der Waals surface area contributed by atoms with Gasteiger partial charge in [0.15, 0.2) is 0 Å². The van der Waals surface area contributed by atoms with E-state index in [1.165, 1.54) is 18.2 Å². The average Bonchev–Trinajstić information content (AvgIpc) is 2.58. The van der Waals surface area contributed by atoms with Crippen LogP contribution in [0.3, 0.4) is 0 Å². The van der Waals surface area contributed by atoms with Crippen molar-refractivity contribution < 1.29 is 13.6 Å². The number of hydrogen-bond acceptors (Lipinski definition) is 3. The van der Waals surface area contributed by atoms with Crippen molar-refractivity contribution in [3.8, 4) is 0 Å². The maximum Gasteiger partial charge on any atom is 0.302 e. The summed E-state index contributed by atoms with van der Waals surface area (Å²) in [6, 6.07) is 5.80. The Morgan fingerprint density at radius 2 is 2.06 bits per heavy atom. The van der Waals surface area contributed by atoms with Gasteiger partial charge in [0.05, 0.1) is 11.3 Å². The quantitative estimate of drug-likeness (QED) is 0.869. The largest absolute Gasteiger partial charge is 0.428 e. The van der Waals surface area contributed by atoms with Gasteiger partial charge in [-0.05, 0) is 26.0 Å². The number of carbonyl (C=O) groups is 1. The van der Waals surface area contributed by atoms with E-state index in [4.69, 9.17) is 4.42 Å². The lowest BCUT2D eigenvalue weighted by Crippen LogP contribution is -2.13. The van der Waals surface area contributed by atoms with Gasteiger partial charge in [0.1, 0.15) is 11.6 Å². The Hall–Kier alpha value is -2.17. The first kappa shape index (κ1) is 11.3. The van der Waals surface area contributed by atoms with E-state index in [1.54, 1.807) is 19.9 Å². The summed E-state index contributed by atoms with van der Waals surface area (Å²) in [5, 5.41) is 2.40. The summed E-state index contributed by atoms with van der Waals surface area (Å²) < 4.78 is 18.5. The molecule has 0 bridgehead atoms. The Balaban J connectivity index is 2.20. The molecule has 1 heterocycles. The van der Waals surface area contributed by atoms with Crippen LogP contribution >= 0.6 is 0 Å². The number of oxazole rings is 1. The highest BCUT2D eigenvalue weighted by Crippen LogP contribution is 2.14. The number of carbonyl (C=O) groups excluding carboxylic acids is 1. The number of amides is 1. The summed E-state index contributed by atoms with van der Waals surface area (Å²) in [6.07, 6.45) is 0. The van der Waals surface area contributed by atoms with Crippen LogP contribution in [-0.2, 0) is 0 Å². The van der Waals surface area contributed by atoms with Crippen LogP contribution in [0.2, 0.25) is 0 Å². The molecule has 0 unspecified atom stereocenters. The molecule has 5 heteroatoms. The second-order valence-electron chi connectivity index (χ2n) is 3.59. The van der Waals surface area contributed by atoms with Gasteiger partial charge in [-0.15, -0.1) is 0 Å². The monoisotopic (exact) mass is 234 g/mol. The van der Waals surface area contributed by atoms with E-state index in [-0.39, 0.29) is 11.6 Å². The van der Waals surface area contributed by atoms with E-state index in [0.29, 0.717) is 11.5 Å². The predicted octanol–water partition coefficient (Wildman–Crippen LogP) is 2.68.